The summed E-state index contributed by atoms with van der Waals surface area (Å²) in [5.74, 6) is -0.292. The lowest BCUT2D eigenvalue weighted by Gasteiger charge is -2.32. The minimum Gasteiger partial charge on any atom is -0.536 e. The molecule has 1 unspecified atom stereocenters. The Bertz CT molecular complexity index is 1450. The fourth-order valence-electron chi connectivity index (χ4n) is 4.81. The molecule has 2 aliphatic rings. The molecule has 0 saturated carbocycles. The Balaban J connectivity index is 1.74. The molecule has 0 radical (unpaired) electrons. The van der Waals surface area contributed by atoms with Crippen molar-refractivity contribution in [2.45, 2.75) is 45.8 Å². The van der Waals surface area contributed by atoms with E-state index in [1.807, 2.05) is 13.0 Å². The van der Waals surface area contributed by atoms with Gasteiger partial charge < -0.3 is 23.7 Å². The van der Waals surface area contributed by atoms with Crippen LogP contribution in [0.1, 0.15) is 36.1 Å². The van der Waals surface area contributed by atoms with E-state index in [0.29, 0.717) is 35.6 Å². The number of halogens is 1. The van der Waals surface area contributed by atoms with Crippen LogP contribution < -0.4 is 10.2 Å². The summed E-state index contributed by atoms with van der Waals surface area (Å²) in [5, 5.41) is 10.4. The average Bonchev–Trinajstić information content (AvgIpc) is 3.13. The smallest absolute Gasteiger partial charge is 0.519 e. The van der Waals surface area contributed by atoms with Crippen molar-refractivity contribution < 1.29 is 28.7 Å². The fourth-order valence-corrected chi connectivity index (χ4v) is 4.97. The SMILES string of the molecule is CCc1c2c(nc3ccc(OB(C)O)cc13)-c1cc3c(c(=O)n1C2)COC(=O)C3(C)OC(=O)Cl. The third-order valence-electron chi connectivity index (χ3n) is 6.33. The van der Waals surface area contributed by atoms with Crippen LogP contribution in [0.4, 0.5) is 4.79 Å². The topological polar surface area (TPSA) is 117 Å². The Morgan fingerprint density at radius 1 is 1.32 bits per heavy atom. The van der Waals surface area contributed by atoms with E-state index in [1.165, 1.54) is 13.7 Å². The number of cyclic esters (lactones) is 1. The summed E-state index contributed by atoms with van der Waals surface area (Å²) >= 11 is 5.43. The van der Waals surface area contributed by atoms with Gasteiger partial charge in [0.1, 0.15) is 12.4 Å². The number of aromatic nitrogens is 2. The summed E-state index contributed by atoms with van der Waals surface area (Å²) < 4.78 is 17.3. The number of hydrogen-bond acceptors (Lipinski definition) is 8. The first-order chi connectivity index (χ1) is 16.1. The predicted molar refractivity (Wildman–Crippen MR) is 124 cm³/mol. The quantitative estimate of drug-likeness (QED) is 0.268. The summed E-state index contributed by atoms with van der Waals surface area (Å²) in [5.41, 5.74) is 0.807. The molecule has 9 nitrogen and oxygen atoms in total. The van der Waals surface area contributed by atoms with Crippen LogP contribution in [0.5, 0.6) is 5.75 Å². The summed E-state index contributed by atoms with van der Waals surface area (Å²) in [6.45, 7) is 4.96. The highest BCUT2D eigenvalue weighted by Gasteiger charge is 2.48. The lowest BCUT2D eigenvalue weighted by atomic mass is 9.89. The van der Waals surface area contributed by atoms with Crippen molar-refractivity contribution >= 4 is 41.0 Å². The Hall–Kier alpha value is -3.37. The number of carbonyl (C=O) groups excluding carboxylic acids is 2. The van der Waals surface area contributed by atoms with Gasteiger partial charge in [-0.05, 0) is 50.0 Å². The van der Waals surface area contributed by atoms with Crippen molar-refractivity contribution in [2.75, 3.05) is 0 Å². The van der Waals surface area contributed by atoms with Gasteiger partial charge in [0.25, 0.3) is 5.56 Å². The van der Waals surface area contributed by atoms with Gasteiger partial charge in [0.05, 0.1) is 29.0 Å². The molecule has 2 aromatic heterocycles. The second-order valence-electron chi connectivity index (χ2n) is 8.43. The van der Waals surface area contributed by atoms with Gasteiger partial charge in [-0.25, -0.2) is 14.6 Å². The van der Waals surface area contributed by atoms with Crippen molar-refractivity contribution in [3.63, 3.8) is 0 Å². The number of nitrogens with zero attached hydrogens (tertiary/aromatic N) is 2. The molecule has 11 heteroatoms. The Labute approximate surface area is 199 Å². The molecule has 5 rings (SSSR count). The fraction of sp³-hybridized carbons (Fsp3) is 0.304. The molecule has 1 aromatic carbocycles. The molecule has 0 aliphatic carbocycles. The van der Waals surface area contributed by atoms with Gasteiger partial charge in [-0.15, -0.1) is 0 Å². The number of rotatable bonds is 4. The molecule has 0 saturated heterocycles. The Morgan fingerprint density at radius 2 is 2.09 bits per heavy atom. The van der Waals surface area contributed by atoms with Gasteiger partial charge in [0.15, 0.2) is 0 Å². The largest absolute Gasteiger partial charge is 0.536 e. The number of fused-ring (bicyclic) bond motifs is 5. The van der Waals surface area contributed by atoms with Crippen molar-refractivity contribution in [1.82, 2.24) is 9.55 Å². The maximum atomic E-state index is 13.4. The minimum absolute atomic E-state index is 0.227. The molecule has 0 spiro atoms. The molecule has 1 N–H and O–H groups in total. The van der Waals surface area contributed by atoms with Gasteiger partial charge in [0, 0.05) is 28.1 Å². The molecule has 3 aromatic rings. The second kappa shape index (κ2) is 7.85. The Morgan fingerprint density at radius 3 is 2.76 bits per heavy atom. The third-order valence-corrected chi connectivity index (χ3v) is 6.41. The first-order valence-corrected chi connectivity index (χ1v) is 11.1. The lowest BCUT2D eigenvalue weighted by molar-refractivity contribution is -0.168. The zero-order valence-corrected chi connectivity index (χ0v) is 19.4. The van der Waals surface area contributed by atoms with Gasteiger partial charge in [-0.2, -0.15) is 0 Å². The molecule has 2 aliphatic heterocycles. The molecular formula is C23H20BClN2O7. The number of esters is 1. The van der Waals surface area contributed by atoms with Gasteiger partial charge in [-0.3, -0.25) is 4.79 Å². The summed E-state index contributed by atoms with van der Waals surface area (Å²) in [7, 11) is -0.958. The van der Waals surface area contributed by atoms with Crippen LogP contribution in [0.15, 0.2) is 29.1 Å². The zero-order chi connectivity index (χ0) is 24.4. The van der Waals surface area contributed by atoms with E-state index >= 15 is 0 Å². The van der Waals surface area contributed by atoms with Crippen LogP contribution in [0.3, 0.4) is 0 Å². The maximum Gasteiger partial charge on any atom is 0.519 e. The first-order valence-electron chi connectivity index (χ1n) is 10.8. The van der Waals surface area contributed by atoms with E-state index in [-0.39, 0.29) is 23.3 Å². The van der Waals surface area contributed by atoms with Crippen LogP contribution in [0, 0.1) is 0 Å². The van der Waals surface area contributed by atoms with E-state index in [2.05, 4.69) is 0 Å². The van der Waals surface area contributed by atoms with Gasteiger partial charge >= 0.3 is 18.5 Å². The lowest BCUT2D eigenvalue weighted by Crippen LogP contribution is -2.45. The van der Waals surface area contributed by atoms with E-state index in [1.54, 1.807) is 22.8 Å². The summed E-state index contributed by atoms with van der Waals surface area (Å²) in [6, 6.07) is 7.00. The van der Waals surface area contributed by atoms with E-state index in [4.69, 9.17) is 30.7 Å². The standard InChI is InChI=1S/C23H20BClN2O7/c1-4-12-13-7-11(34-24(3)31)5-6-17(13)26-19-14(12)9-27-18(19)8-16-15(20(27)28)10-32-21(29)23(16,2)33-22(25)30/h5-8,31H,4,9-10H2,1-3H3. The third kappa shape index (κ3) is 3.28. The number of aryl methyl sites for hydroxylation is 1. The normalized spacial score (nSPS) is 18.1. The summed E-state index contributed by atoms with van der Waals surface area (Å²) in [4.78, 5) is 42.3. The molecule has 0 fully saturated rings. The number of carbonyl (C=O) groups is 2. The number of pyridine rings is 2. The maximum absolute atomic E-state index is 13.4. The Kier molecular flexibility index (Phi) is 5.18. The highest BCUT2D eigenvalue weighted by molar-refractivity contribution is 6.61. The highest BCUT2D eigenvalue weighted by Crippen LogP contribution is 2.41. The van der Waals surface area contributed by atoms with Crippen LogP contribution in [0.25, 0.3) is 22.3 Å². The van der Waals surface area contributed by atoms with Crippen molar-refractivity contribution in [2.24, 2.45) is 0 Å². The average molecular weight is 483 g/mol. The molecule has 34 heavy (non-hydrogen) atoms. The minimum atomic E-state index is -1.85. The van der Waals surface area contributed by atoms with Crippen LogP contribution in [0.2, 0.25) is 6.82 Å². The highest BCUT2D eigenvalue weighted by atomic mass is 35.5. The second-order valence-corrected chi connectivity index (χ2v) is 8.74. The van der Waals surface area contributed by atoms with Gasteiger partial charge in [0.2, 0.25) is 5.60 Å². The monoisotopic (exact) mass is 482 g/mol. The molecule has 1 atom stereocenters. The van der Waals surface area contributed by atoms with Crippen LogP contribution in [-0.2, 0) is 39.4 Å². The molecule has 0 amide bonds. The molecule has 4 heterocycles. The van der Waals surface area contributed by atoms with Crippen molar-refractivity contribution in [3.05, 3.63) is 56.9 Å². The van der Waals surface area contributed by atoms with Crippen molar-refractivity contribution in [3.8, 4) is 17.1 Å². The van der Waals surface area contributed by atoms with Crippen LogP contribution >= 0.6 is 11.6 Å². The van der Waals surface area contributed by atoms with E-state index in [0.717, 1.165) is 16.5 Å². The number of benzene rings is 1. The van der Waals surface area contributed by atoms with E-state index < -0.39 is 24.1 Å². The number of hydrogen-bond donors (Lipinski definition) is 1. The molecule has 174 valence electrons. The van der Waals surface area contributed by atoms with Crippen LogP contribution in [-0.4, -0.2) is 33.1 Å². The van der Waals surface area contributed by atoms with E-state index in [9.17, 15) is 19.4 Å². The number of ether oxygens (including phenoxy) is 2. The molecule has 0 bridgehead atoms. The summed E-state index contributed by atoms with van der Waals surface area (Å²) in [6.07, 6.45) is 0.672. The predicted octanol–water partition coefficient (Wildman–Crippen LogP) is 3.12. The molecular weight excluding hydrogens is 463 g/mol. The van der Waals surface area contributed by atoms with Gasteiger partial charge in [-0.1, -0.05) is 6.92 Å². The van der Waals surface area contributed by atoms with Crippen molar-refractivity contribution in [1.29, 1.82) is 0 Å². The zero-order valence-electron chi connectivity index (χ0n) is 18.7. The first kappa shape index (κ1) is 22.4.